The zero-order valence-electron chi connectivity index (χ0n) is 8.64. The van der Waals surface area contributed by atoms with Gasteiger partial charge >= 0.3 is 0 Å². The van der Waals surface area contributed by atoms with Gasteiger partial charge in [-0.15, -0.1) is 0 Å². The van der Waals surface area contributed by atoms with Crippen LogP contribution in [0.2, 0.25) is 0 Å². The zero-order valence-corrected chi connectivity index (χ0v) is 8.64. The van der Waals surface area contributed by atoms with E-state index in [4.69, 9.17) is 4.74 Å². The third kappa shape index (κ3) is 1.74. The normalized spacial score (nSPS) is 9.85. The summed E-state index contributed by atoms with van der Waals surface area (Å²) >= 11 is 0. The minimum absolute atomic E-state index is 0.859. The molecule has 13 heavy (non-hydrogen) atoms. The molecule has 0 aliphatic rings. The molecule has 0 radical (unpaired) electrons. The van der Waals surface area contributed by atoms with Crippen molar-refractivity contribution in [1.29, 1.82) is 0 Å². The first-order chi connectivity index (χ1) is 6.24. The summed E-state index contributed by atoms with van der Waals surface area (Å²) in [6.07, 6.45) is 2.72. The van der Waals surface area contributed by atoms with Gasteiger partial charge in [0, 0.05) is 12.6 Å². The number of aryl methyl sites for hydroxylation is 1. The van der Waals surface area contributed by atoms with Gasteiger partial charge in [-0.05, 0) is 13.3 Å². The van der Waals surface area contributed by atoms with E-state index in [2.05, 4.69) is 17.2 Å². The number of hydrogen-bond donors (Lipinski definition) is 1. The highest BCUT2D eigenvalue weighted by molar-refractivity contribution is 5.59. The molecule has 1 rings (SSSR count). The second-order valence-electron chi connectivity index (χ2n) is 2.87. The minimum Gasteiger partial charge on any atom is -0.495 e. The number of anilines is 1. The summed E-state index contributed by atoms with van der Waals surface area (Å²) in [7, 11) is 3.58. The molecule has 1 aromatic heterocycles. The highest BCUT2D eigenvalue weighted by Gasteiger charge is 2.09. The Kier molecular flexibility index (Phi) is 3.12. The third-order valence-corrected chi connectivity index (χ3v) is 2.16. The van der Waals surface area contributed by atoms with Gasteiger partial charge in [-0.1, -0.05) is 6.92 Å². The minimum atomic E-state index is 0.859. The fraction of sp³-hybridized carbons (Fsp3) is 0.500. The predicted octanol–water partition coefficient (Wildman–Crippen LogP) is 2.00. The van der Waals surface area contributed by atoms with E-state index in [-0.39, 0.29) is 0 Å². The van der Waals surface area contributed by atoms with Gasteiger partial charge < -0.3 is 10.1 Å². The van der Waals surface area contributed by atoms with Crippen LogP contribution in [0.15, 0.2) is 6.20 Å². The summed E-state index contributed by atoms with van der Waals surface area (Å²) < 4.78 is 5.23. The standard InChI is InChI=1S/C10H16N2O/c1-5-8-9(13-4)6-12-7(2)10(8)11-3/h6,11H,5H2,1-4H3. The Bertz CT molecular complexity index is 297. The lowest BCUT2D eigenvalue weighted by atomic mass is 10.1. The lowest BCUT2D eigenvalue weighted by Crippen LogP contribution is -2.02. The van der Waals surface area contributed by atoms with Crippen LogP contribution in [-0.4, -0.2) is 19.1 Å². The summed E-state index contributed by atoms with van der Waals surface area (Å²) in [5.41, 5.74) is 3.29. The van der Waals surface area contributed by atoms with Gasteiger partial charge in [-0.2, -0.15) is 0 Å². The van der Waals surface area contributed by atoms with Crippen molar-refractivity contribution in [3.05, 3.63) is 17.5 Å². The van der Waals surface area contributed by atoms with E-state index in [1.807, 2.05) is 14.0 Å². The van der Waals surface area contributed by atoms with E-state index in [1.165, 1.54) is 5.56 Å². The maximum absolute atomic E-state index is 5.23. The van der Waals surface area contributed by atoms with Gasteiger partial charge in [0.05, 0.1) is 24.7 Å². The van der Waals surface area contributed by atoms with Crippen molar-refractivity contribution >= 4 is 5.69 Å². The molecule has 1 heterocycles. The fourth-order valence-electron chi connectivity index (χ4n) is 1.50. The molecule has 0 saturated carbocycles. The third-order valence-electron chi connectivity index (χ3n) is 2.16. The first-order valence-electron chi connectivity index (χ1n) is 4.44. The predicted molar refractivity (Wildman–Crippen MR) is 54.5 cm³/mol. The number of nitrogens with one attached hydrogen (secondary N) is 1. The van der Waals surface area contributed by atoms with Crippen molar-refractivity contribution in [3.8, 4) is 5.75 Å². The van der Waals surface area contributed by atoms with Crippen LogP contribution in [0.5, 0.6) is 5.75 Å². The SMILES string of the molecule is CCc1c(OC)cnc(C)c1NC. The number of hydrogen-bond acceptors (Lipinski definition) is 3. The molecule has 72 valence electrons. The number of aromatic nitrogens is 1. The van der Waals surface area contributed by atoms with Crippen molar-refractivity contribution in [1.82, 2.24) is 4.98 Å². The molecular formula is C10H16N2O. The number of ether oxygens (including phenoxy) is 1. The monoisotopic (exact) mass is 180 g/mol. The smallest absolute Gasteiger partial charge is 0.142 e. The van der Waals surface area contributed by atoms with Crippen LogP contribution in [0.4, 0.5) is 5.69 Å². The van der Waals surface area contributed by atoms with E-state index in [1.54, 1.807) is 13.3 Å². The van der Waals surface area contributed by atoms with Crippen LogP contribution in [0.1, 0.15) is 18.2 Å². The Morgan fingerprint density at radius 1 is 1.54 bits per heavy atom. The average molecular weight is 180 g/mol. The molecule has 0 fully saturated rings. The molecule has 0 spiro atoms. The Balaban J connectivity index is 3.27. The highest BCUT2D eigenvalue weighted by Crippen LogP contribution is 2.27. The molecule has 0 aromatic carbocycles. The summed E-state index contributed by atoms with van der Waals surface area (Å²) in [6, 6.07) is 0. The second kappa shape index (κ2) is 4.12. The average Bonchev–Trinajstić information content (AvgIpc) is 2.17. The van der Waals surface area contributed by atoms with E-state index >= 15 is 0 Å². The first kappa shape index (κ1) is 9.84. The second-order valence-corrected chi connectivity index (χ2v) is 2.87. The first-order valence-corrected chi connectivity index (χ1v) is 4.44. The lowest BCUT2D eigenvalue weighted by molar-refractivity contribution is 0.408. The molecule has 0 aliphatic carbocycles. The van der Waals surface area contributed by atoms with Crippen LogP contribution in [0.3, 0.4) is 0 Å². The molecule has 0 aliphatic heterocycles. The van der Waals surface area contributed by atoms with Gasteiger partial charge in [0.15, 0.2) is 0 Å². The van der Waals surface area contributed by atoms with Gasteiger partial charge in [0.25, 0.3) is 0 Å². The number of pyridine rings is 1. The Morgan fingerprint density at radius 3 is 2.69 bits per heavy atom. The number of rotatable bonds is 3. The van der Waals surface area contributed by atoms with Crippen molar-refractivity contribution in [2.24, 2.45) is 0 Å². The molecule has 0 unspecified atom stereocenters. The van der Waals surface area contributed by atoms with E-state index in [9.17, 15) is 0 Å². The molecule has 0 atom stereocenters. The van der Waals surface area contributed by atoms with Crippen molar-refractivity contribution in [2.45, 2.75) is 20.3 Å². The van der Waals surface area contributed by atoms with Crippen LogP contribution in [0.25, 0.3) is 0 Å². The molecule has 0 saturated heterocycles. The van der Waals surface area contributed by atoms with Crippen molar-refractivity contribution in [2.75, 3.05) is 19.5 Å². The van der Waals surface area contributed by atoms with Crippen LogP contribution >= 0.6 is 0 Å². The maximum Gasteiger partial charge on any atom is 0.142 e. The van der Waals surface area contributed by atoms with Gasteiger partial charge in [0.1, 0.15) is 5.75 Å². The summed E-state index contributed by atoms with van der Waals surface area (Å²) in [4.78, 5) is 4.24. The van der Waals surface area contributed by atoms with Crippen LogP contribution in [0, 0.1) is 6.92 Å². The number of methoxy groups -OCH3 is 1. The summed E-state index contributed by atoms with van der Waals surface area (Å²) in [6.45, 7) is 4.10. The van der Waals surface area contributed by atoms with E-state index in [0.717, 1.165) is 23.6 Å². The van der Waals surface area contributed by atoms with E-state index in [0.29, 0.717) is 0 Å². The Morgan fingerprint density at radius 2 is 2.23 bits per heavy atom. The maximum atomic E-state index is 5.23. The number of nitrogens with zero attached hydrogens (tertiary/aromatic N) is 1. The topological polar surface area (TPSA) is 34.1 Å². The molecule has 0 amide bonds. The molecule has 3 heteroatoms. The van der Waals surface area contributed by atoms with Crippen LogP contribution in [-0.2, 0) is 6.42 Å². The summed E-state index contributed by atoms with van der Waals surface area (Å²) in [5.74, 6) is 0.859. The van der Waals surface area contributed by atoms with Gasteiger partial charge in [-0.25, -0.2) is 0 Å². The molecular weight excluding hydrogens is 164 g/mol. The fourth-order valence-corrected chi connectivity index (χ4v) is 1.50. The zero-order chi connectivity index (χ0) is 9.84. The molecule has 0 bridgehead atoms. The lowest BCUT2D eigenvalue weighted by Gasteiger charge is -2.13. The van der Waals surface area contributed by atoms with E-state index < -0.39 is 0 Å². The quantitative estimate of drug-likeness (QED) is 0.772. The highest BCUT2D eigenvalue weighted by atomic mass is 16.5. The van der Waals surface area contributed by atoms with Gasteiger partial charge in [0.2, 0.25) is 0 Å². The molecule has 1 N–H and O–H groups in total. The largest absolute Gasteiger partial charge is 0.495 e. The van der Waals surface area contributed by atoms with Crippen LogP contribution < -0.4 is 10.1 Å². The van der Waals surface area contributed by atoms with Gasteiger partial charge in [-0.3, -0.25) is 4.98 Å². The summed E-state index contributed by atoms with van der Waals surface area (Å²) in [5, 5.41) is 3.15. The molecule has 3 nitrogen and oxygen atoms in total. The Labute approximate surface area is 79.1 Å². The van der Waals surface area contributed by atoms with Crippen molar-refractivity contribution in [3.63, 3.8) is 0 Å². The molecule has 1 aromatic rings. The Hall–Kier alpha value is -1.25. The van der Waals surface area contributed by atoms with Crippen molar-refractivity contribution < 1.29 is 4.74 Å².